The number of pyridine rings is 1. The van der Waals surface area contributed by atoms with Gasteiger partial charge in [0.15, 0.2) is 11.3 Å². The summed E-state index contributed by atoms with van der Waals surface area (Å²) in [4.78, 5) is 5.67. The zero-order chi connectivity index (χ0) is 57.6. The van der Waals surface area contributed by atoms with Crippen LogP contribution in [0.5, 0.6) is 17.4 Å². The number of azo groups is 3. The van der Waals surface area contributed by atoms with Gasteiger partial charge in [0, 0.05) is 33.4 Å². The van der Waals surface area contributed by atoms with Gasteiger partial charge in [-0.3, -0.25) is 27.2 Å². The Bertz CT molecular complexity index is 4590. The van der Waals surface area contributed by atoms with Crippen molar-refractivity contribution >= 4 is 157 Å². The Morgan fingerprint density at radius 3 is 2.01 bits per heavy atom. The van der Waals surface area contributed by atoms with Gasteiger partial charge >= 0.3 is 0 Å². The van der Waals surface area contributed by atoms with Crippen LogP contribution in [0.2, 0.25) is 5.02 Å². The largest absolute Gasteiger partial charge is 0.494 e. The van der Waals surface area contributed by atoms with Crippen LogP contribution in [0, 0.1) is 18.3 Å². The molecule has 0 fully saturated rings. The van der Waals surface area contributed by atoms with Crippen LogP contribution in [0.1, 0.15) is 24.0 Å². The quantitative estimate of drug-likeness (QED) is 0.0179. The summed E-state index contributed by atoms with van der Waals surface area (Å²) >= 11 is 8.22. The number of halogens is 1. The van der Waals surface area contributed by atoms with Gasteiger partial charge in [-0.05, 0) is 68.0 Å². The Hall–Kier alpha value is -6.92. The number of hydrogen-bond donors (Lipinski definition) is 6. The molecular weight excluding hydrogens is 1200 g/mol. The minimum Gasteiger partial charge on any atom is -0.494 e. The Balaban J connectivity index is 1.21. The number of hydrogen-bond acceptors (Lipinski definition) is 24. The highest BCUT2D eigenvalue weighted by Crippen LogP contribution is 2.46. The molecule has 8 rings (SSSR count). The van der Waals surface area contributed by atoms with Gasteiger partial charge in [-0.25, -0.2) is 9.97 Å². The molecule has 0 saturated carbocycles. The van der Waals surface area contributed by atoms with Crippen molar-refractivity contribution in [1.29, 1.82) is 5.26 Å². The summed E-state index contributed by atoms with van der Waals surface area (Å²) in [6.07, 6.45) is -0.305. The molecule has 0 aliphatic carbocycles. The fourth-order valence-electron chi connectivity index (χ4n) is 7.55. The highest BCUT2D eigenvalue weighted by Gasteiger charge is 2.28. The van der Waals surface area contributed by atoms with Crippen molar-refractivity contribution in [2.75, 3.05) is 31.0 Å². The first-order valence-electron chi connectivity index (χ1n) is 21.8. The third-order valence-electron chi connectivity index (χ3n) is 11.1. The first-order valence-corrected chi connectivity index (χ1v) is 31.5. The number of thioether (sulfide) groups is 1. The molecule has 0 amide bonds. The first kappa shape index (κ1) is 58.2. The lowest BCUT2D eigenvalue weighted by atomic mass is 10.1. The van der Waals surface area contributed by atoms with Gasteiger partial charge in [-0.1, -0.05) is 35.1 Å². The normalized spacial score (nSPS) is 13.1. The molecule has 3 heterocycles. The minimum atomic E-state index is -5.32. The fourth-order valence-corrected chi connectivity index (χ4v) is 12.9. The van der Waals surface area contributed by atoms with Crippen LogP contribution < -0.4 is 9.47 Å². The van der Waals surface area contributed by atoms with Gasteiger partial charge in [0.05, 0.1) is 50.9 Å². The average Bonchev–Trinajstić information content (AvgIpc) is 4.11. The topological polar surface area (TPSA) is 439 Å². The average molecular weight is 1240 g/mol. The molecule has 6 N–H and O–H groups in total. The number of methoxy groups -OCH3 is 1. The van der Waals surface area contributed by atoms with Crippen LogP contribution >= 0.6 is 34.7 Å². The lowest BCUT2D eigenvalue weighted by Gasteiger charge is -2.12. The third-order valence-corrected chi connectivity index (χ3v) is 17.7. The second-order valence-electron chi connectivity index (χ2n) is 16.4. The third kappa shape index (κ3) is 13.1. The van der Waals surface area contributed by atoms with E-state index in [1.165, 1.54) is 42.7 Å². The molecule has 0 saturated heterocycles. The number of aromatic hydroxyl groups is 1. The van der Waals surface area contributed by atoms with E-state index in [1.54, 1.807) is 24.3 Å². The van der Waals surface area contributed by atoms with Gasteiger partial charge in [-0.2, -0.15) is 47.4 Å². The lowest BCUT2D eigenvalue weighted by Crippen LogP contribution is -2.08. The summed E-state index contributed by atoms with van der Waals surface area (Å²) in [7, 11) is -23.3. The zero-order valence-corrected chi connectivity index (χ0v) is 46.4. The molecule has 414 valence electrons. The van der Waals surface area contributed by atoms with Gasteiger partial charge < -0.3 is 14.6 Å². The summed E-state index contributed by atoms with van der Waals surface area (Å²) < 4.78 is 182. The maximum atomic E-state index is 12.6. The number of ether oxygens (including phenoxy) is 2. The fraction of sp³-hybridized carbons (Fsp3) is 0.186. The smallest absolute Gasteiger partial charge is 0.296 e. The molecule has 0 spiro atoms. The second-order valence-corrected chi connectivity index (χ2v) is 26.2. The number of para-hydroxylation sites is 2. The molecule has 0 aliphatic heterocycles. The number of benzene rings is 5. The Morgan fingerprint density at radius 2 is 1.35 bits per heavy atom. The maximum Gasteiger partial charge on any atom is 0.296 e. The molecule has 0 radical (unpaired) electrons. The number of nitriles is 1. The highest BCUT2D eigenvalue weighted by molar-refractivity contribution is 7.99. The number of nitrogens with zero attached hydrogens (tertiary/aromatic N) is 10. The van der Waals surface area contributed by atoms with E-state index < -0.39 is 93.6 Å². The van der Waals surface area contributed by atoms with Crippen molar-refractivity contribution in [3.8, 4) is 23.4 Å². The van der Waals surface area contributed by atoms with E-state index >= 15 is 0 Å². The summed E-state index contributed by atoms with van der Waals surface area (Å²) in [6, 6.07) is 15.8. The van der Waals surface area contributed by atoms with E-state index in [0.717, 1.165) is 17.8 Å². The summed E-state index contributed by atoms with van der Waals surface area (Å²) in [5, 5.41) is 45.5. The maximum absolute atomic E-state index is 12.6. The first-order chi connectivity index (χ1) is 37.0. The SMILES string of the molecule is COc1cc(N=Nc2cc(Cl)c(N=Nc3c(C)c(C#N)c4nc5ccccc5n4c3O)cc2OCCCS(=O)(=O)O)c(SCCCS(=O)(=O)O)cc1N=Nc1nc2c(S(=O)(=O)O)cc3c(S(=O)(=O)O)cc(S(=O)(=O)O)cc3c2s1. The molecular formula is C43H35ClN10O18S7. The molecule has 0 bridgehead atoms. The van der Waals surface area contributed by atoms with Crippen molar-refractivity contribution in [1.82, 2.24) is 14.4 Å². The van der Waals surface area contributed by atoms with Gasteiger partial charge in [0.25, 0.3) is 50.6 Å². The lowest BCUT2D eigenvalue weighted by molar-refractivity contribution is 0.317. The number of imidazole rings is 1. The van der Waals surface area contributed by atoms with Crippen LogP contribution in [0.4, 0.5) is 33.6 Å². The van der Waals surface area contributed by atoms with Crippen LogP contribution in [-0.4, -0.2) is 115 Å². The van der Waals surface area contributed by atoms with Crippen molar-refractivity contribution < 1.29 is 79.4 Å². The predicted octanol–water partition coefficient (Wildman–Crippen LogP) is 9.81. The number of fused-ring (bicyclic) bond motifs is 6. The van der Waals surface area contributed by atoms with Crippen molar-refractivity contribution in [3.63, 3.8) is 0 Å². The number of thiazole rings is 1. The molecule has 5 aromatic carbocycles. The van der Waals surface area contributed by atoms with E-state index in [2.05, 4.69) is 46.7 Å². The van der Waals surface area contributed by atoms with Gasteiger partial charge in [-0.15, -0.1) is 42.4 Å². The molecule has 79 heavy (non-hydrogen) atoms. The minimum absolute atomic E-state index is 0.0139. The molecule has 0 aliphatic rings. The van der Waals surface area contributed by atoms with Crippen molar-refractivity contribution in [2.45, 2.75) is 39.3 Å². The number of aromatic nitrogens is 3. The molecule has 0 unspecified atom stereocenters. The molecule has 36 heteroatoms. The molecule has 3 aromatic heterocycles. The summed E-state index contributed by atoms with van der Waals surface area (Å²) in [5.41, 5.74) is 0.521. The summed E-state index contributed by atoms with van der Waals surface area (Å²) in [5.74, 6) is -1.89. The summed E-state index contributed by atoms with van der Waals surface area (Å²) in [6.45, 7) is 1.21. The highest BCUT2D eigenvalue weighted by atomic mass is 35.5. The van der Waals surface area contributed by atoms with Gasteiger partial charge in [0.2, 0.25) is 11.0 Å². The van der Waals surface area contributed by atoms with Crippen LogP contribution in [0.15, 0.2) is 117 Å². The van der Waals surface area contributed by atoms with E-state index in [0.29, 0.717) is 34.5 Å². The Morgan fingerprint density at radius 1 is 0.722 bits per heavy atom. The van der Waals surface area contributed by atoms with Crippen LogP contribution in [0.25, 0.3) is 37.7 Å². The van der Waals surface area contributed by atoms with E-state index in [-0.39, 0.29) is 107 Å². The molecule has 28 nitrogen and oxygen atoms in total. The Kier molecular flexibility index (Phi) is 16.4. The molecule has 0 atom stereocenters. The van der Waals surface area contributed by atoms with Crippen LogP contribution in [0.3, 0.4) is 0 Å². The predicted molar refractivity (Wildman–Crippen MR) is 286 cm³/mol. The monoisotopic (exact) mass is 1240 g/mol. The molecule has 8 aromatic rings. The van der Waals surface area contributed by atoms with E-state index in [9.17, 15) is 75.2 Å². The number of rotatable bonds is 20. The standard InChI is InChI=1S/C43H35ClN10O18S7/c1-21-25(20-45)41-46-27-7-3-4-8-32(27)54(41)42(55)38(21)52-48-28-17-34(72-9-5-11-75(56,57)58)29(16-26(28)44)49-51-31-18-33(71-2)30(19-35(31)73-10-6-12-76(59,60)61)50-53-43-47-39-37(79(68,69)70)15-23-24(40(39)74-43)13-22(77(62,63)64)14-36(23)78(65,66)67/h3-4,7-8,13-19,55H,5-6,9-12H2,1-2H3,(H,56,57,58)(H,59,60,61)(H,62,63,64)(H,65,66,67)(H,68,69,70). The van der Waals surface area contributed by atoms with Crippen molar-refractivity contribution in [2.24, 2.45) is 30.7 Å². The van der Waals surface area contributed by atoms with Gasteiger partial charge in [0.1, 0.15) is 61.2 Å². The Labute approximate surface area is 459 Å². The van der Waals surface area contributed by atoms with Crippen LogP contribution in [-0.2, 0) is 50.6 Å². The van der Waals surface area contributed by atoms with E-state index in [4.69, 9.17) is 21.1 Å². The van der Waals surface area contributed by atoms with Crippen molar-refractivity contribution in [3.05, 3.63) is 82.9 Å². The van der Waals surface area contributed by atoms with E-state index in [1.807, 2.05) is 0 Å². The second kappa shape index (κ2) is 22.3. The zero-order valence-electron chi connectivity index (χ0n) is 39.9.